The second-order valence-corrected chi connectivity index (χ2v) is 5.51. The van der Waals surface area contributed by atoms with Crippen LogP contribution in [-0.2, 0) is 5.41 Å². The first-order valence-corrected chi connectivity index (χ1v) is 5.41. The quantitative estimate of drug-likeness (QED) is 0.596. The molecule has 0 radical (unpaired) electrons. The lowest BCUT2D eigenvalue weighted by atomic mass is 9.95. The Morgan fingerprint density at radius 1 is 1.23 bits per heavy atom. The largest absolute Gasteiger partial charge is 0.319 e. The zero-order valence-electron chi connectivity index (χ0n) is 8.28. The minimum Gasteiger partial charge on any atom is -0.319 e. The smallest absolute Gasteiger partial charge is 0.0726 e. The Kier molecular flexibility index (Phi) is 1.92. The number of aromatic nitrogens is 1. The maximum atomic E-state index is 2.26. The van der Waals surface area contributed by atoms with Crippen molar-refractivity contribution in [3.8, 4) is 0 Å². The zero-order chi connectivity index (χ0) is 9.47. The summed E-state index contributed by atoms with van der Waals surface area (Å²) in [6.07, 6.45) is 4.36. The minimum atomic E-state index is 0.285. The summed E-state index contributed by atoms with van der Waals surface area (Å²) in [5.41, 5.74) is 0.285. The first kappa shape index (κ1) is 8.77. The van der Waals surface area contributed by atoms with E-state index in [-0.39, 0.29) is 5.41 Å². The lowest BCUT2D eigenvalue weighted by Crippen LogP contribution is -2.07. The molecule has 2 aromatic rings. The van der Waals surface area contributed by atoms with E-state index in [0.29, 0.717) is 0 Å². The van der Waals surface area contributed by atoms with Gasteiger partial charge in [-0.25, -0.2) is 0 Å². The first-order chi connectivity index (χ1) is 6.07. The second-order valence-electron chi connectivity index (χ2n) is 4.34. The lowest BCUT2D eigenvalue weighted by Gasteiger charge is -2.14. The highest BCUT2D eigenvalue weighted by Gasteiger charge is 2.15. The zero-order valence-corrected chi connectivity index (χ0v) is 9.18. The highest BCUT2D eigenvalue weighted by atomic mass is 31.0. The van der Waals surface area contributed by atoms with Crippen LogP contribution in [0.2, 0.25) is 0 Å². The summed E-state index contributed by atoms with van der Waals surface area (Å²) in [6, 6.07) is 6.34. The van der Waals surface area contributed by atoms with E-state index in [0.717, 1.165) is 0 Å². The van der Waals surface area contributed by atoms with Crippen molar-refractivity contribution in [2.75, 3.05) is 0 Å². The molecule has 2 aromatic heterocycles. The van der Waals surface area contributed by atoms with Gasteiger partial charge in [0.05, 0.1) is 5.25 Å². The number of nitrogens with zero attached hydrogens (tertiary/aromatic N) is 1. The normalized spacial score (nSPS) is 12.8. The molecule has 13 heavy (non-hydrogen) atoms. The van der Waals surface area contributed by atoms with E-state index in [2.05, 4.69) is 55.8 Å². The SMILES string of the molecule is CC(C)(C)c1cn2ccccc2p1. The molecular weight excluding hydrogens is 177 g/mol. The molecule has 0 fully saturated rings. The van der Waals surface area contributed by atoms with Crippen LogP contribution < -0.4 is 0 Å². The standard InChI is InChI=1S/C11H14NP/c1-11(2,3)9-8-12-7-5-4-6-10(12)13-9/h4-8H,1-3H3. The molecule has 0 saturated heterocycles. The number of rotatable bonds is 0. The molecule has 0 aliphatic carbocycles. The molecule has 0 aromatic carbocycles. The van der Waals surface area contributed by atoms with Gasteiger partial charge in [-0.3, -0.25) is 0 Å². The molecule has 0 atom stereocenters. The van der Waals surface area contributed by atoms with Crippen LogP contribution in [0.1, 0.15) is 26.1 Å². The Morgan fingerprint density at radius 3 is 2.62 bits per heavy atom. The van der Waals surface area contributed by atoms with Crippen LogP contribution in [0.5, 0.6) is 0 Å². The molecule has 0 spiro atoms. The molecule has 1 nitrogen and oxygen atoms in total. The van der Waals surface area contributed by atoms with Crippen LogP contribution in [0.3, 0.4) is 0 Å². The maximum absolute atomic E-state index is 2.26. The average molecular weight is 191 g/mol. The predicted molar refractivity (Wildman–Crippen MR) is 58.6 cm³/mol. The van der Waals surface area contributed by atoms with Crippen molar-refractivity contribution >= 4 is 13.4 Å². The number of pyridine rings is 1. The molecule has 0 unspecified atom stereocenters. The maximum Gasteiger partial charge on any atom is 0.0726 e. The fourth-order valence-electron chi connectivity index (χ4n) is 1.30. The van der Waals surface area contributed by atoms with Crippen molar-refractivity contribution in [1.82, 2.24) is 4.40 Å². The average Bonchev–Trinajstić information content (AvgIpc) is 2.45. The topological polar surface area (TPSA) is 4.41 Å². The van der Waals surface area contributed by atoms with Gasteiger partial charge in [0.1, 0.15) is 0 Å². The van der Waals surface area contributed by atoms with Crippen molar-refractivity contribution in [2.45, 2.75) is 26.2 Å². The Bertz CT molecular complexity index is 390. The monoisotopic (exact) mass is 191 g/mol. The van der Waals surface area contributed by atoms with E-state index < -0.39 is 0 Å². The van der Waals surface area contributed by atoms with Crippen LogP contribution in [0, 0.1) is 0 Å². The Balaban J connectivity index is 2.63. The van der Waals surface area contributed by atoms with Gasteiger partial charge in [0.25, 0.3) is 0 Å². The van der Waals surface area contributed by atoms with Gasteiger partial charge in [0.15, 0.2) is 0 Å². The molecule has 2 heterocycles. The minimum absolute atomic E-state index is 0.285. The molecule has 68 valence electrons. The third-order valence-corrected chi connectivity index (χ3v) is 3.77. The van der Waals surface area contributed by atoms with Crippen LogP contribution in [0.25, 0.3) is 5.25 Å². The van der Waals surface area contributed by atoms with Gasteiger partial charge in [0.2, 0.25) is 0 Å². The summed E-state index contributed by atoms with van der Waals surface area (Å²) in [5, 5.41) is 2.85. The predicted octanol–water partition coefficient (Wildman–Crippen LogP) is 3.82. The Labute approximate surface area is 80.5 Å². The molecule has 0 N–H and O–H groups in total. The summed E-state index contributed by atoms with van der Waals surface area (Å²) in [6.45, 7) is 6.79. The summed E-state index contributed by atoms with van der Waals surface area (Å²) in [7, 11) is 1.36. The van der Waals surface area contributed by atoms with Gasteiger partial charge in [0, 0.05) is 17.7 Å². The van der Waals surface area contributed by atoms with E-state index in [1.807, 2.05) is 0 Å². The summed E-state index contributed by atoms with van der Waals surface area (Å²) < 4.78 is 2.21. The second kappa shape index (κ2) is 2.85. The summed E-state index contributed by atoms with van der Waals surface area (Å²) >= 11 is 0. The van der Waals surface area contributed by atoms with E-state index in [1.165, 1.54) is 18.7 Å². The Hall–Kier alpha value is -0.810. The molecule has 2 heteroatoms. The van der Waals surface area contributed by atoms with Crippen molar-refractivity contribution in [3.63, 3.8) is 0 Å². The fraction of sp³-hybridized carbons (Fsp3) is 0.364. The third kappa shape index (κ3) is 1.62. The van der Waals surface area contributed by atoms with Gasteiger partial charge >= 0.3 is 0 Å². The van der Waals surface area contributed by atoms with Crippen molar-refractivity contribution in [2.24, 2.45) is 0 Å². The van der Waals surface area contributed by atoms with Crippen molar-refractivity contribution in [3.05, 3.63) is 35.9 Å². The highest BCUT2D eigenvalue weighted by molar-refractivity contribution is 7.36. The van der Waals surface area contributed by atoms with Gasteiger partial charge in [-0.15, -0.1) is 0 Å². The summed E-state index contributed by atoms with van der Waals surface area (Å²) in [5.74, 6) is 0. The third-order valence-electron chi connectivity index (χ3n) is 2.13. The molecule has 0 saturated carbocycles. The van der Waals surface area contributed by atoms with E-state index in [1.54, 1.807) is 0 Å². The molecular formula is C11H14NP. The van der Waals surface area contributed by atoms with Crippen LogP contribution in [0.15, 0.2) is 30.6 Å². The fourth-order valence-corrected chi connectivity index (χ4v) is 2.46. The molecule has 0 amide bonds. The van der Waals surface area contributed by atoms with E-state index in [9.17, 15) is 0 Å². The van der Waals surface area contributed by atoms with E-state index >= 15 is 0 Å². The van der Waals surface area contributed by atoms with Crippen molar-refractivity contribution < 1.29 is 0 Å². The van der Waals surface area contributed by atoms with Crippen molar-refractivity contribution in [1.29, 1.82) is 0 Å². The highest BCUT2D eigenvalue weighted by Crippen LogP contribution is 2.33. The van der Waals surface area contributed by atoms with Crippen LogP contribution in [0.4, 0.5) is 0 Å². The first-order valence-electron chi connectivity index (χ1n) is 4.51. The van der Waals surface area contributed by atoms with Gasteiger partial charge < -0.3 is 4.40 Å². The number of hydrogen-bond acceptors (Lipinski definition) is 0. The molecule has 0 bridgehead atoms. The van der Waals surface area contributed by atoms with Gasteiger partial charge in [-0.1, -0.05) is 26.8 Å². The molecule has 0 aliphatic rings. The lowest BCUT2D eigenvalue weighted by molar-refractivity contribution is 0.602. The van der Waals surface area contributed by atoms with Crippen LogP contribution in [-0.4, -0.2) is 4.40 Å². The van der Waals surface area contributed by atoms with Gasteiger partial charge in [-0.05, 0) is 25.7 Å². The van der Waals surface area contributed by atoms with Crippen LogP contribution >= 0.6 is 8.19 Å². The number of hydrogen-bond donors (Lipinski definition) is 0. The number of fused-ring (bicyclic) bond motifs is 1. The van der Waals surface area contributed by atoms with Gasteiger partial charge in [-0.2, -0.15) is 0 Å². The molecule has 0 aliphatic heterocycles. The summed E-state index contributed by atoms with van der Waals surface area (Å²) in [4.78, 5) is 0. The molecule has 2 rings (SSSR count). The Morgan fingerprint density at radius 2 is 2.00 bits per heavy atom. The van der Waals surface area contributed by atoms with E-state index in [4.69, 9.17) is 0 Å².